The summed E-state index contributed by atoms with van der Waals surface area (Å²) in [6.45, 7) is 1.99. The number of hydrogen-bond acceptors (Lipinski definition) is 3. The molecule has 0 spiro atoms. The first-order chi connectivity index (χ1) is 11.1. The van der Waals surface area contributed by atoms with Crippen LogP contribution >= 0.6 is 11.3 Å². The van der Waals surface area contributed by atoms with E-state index in [-0.39, 0.29) is 11.8 Å². The van der Waals surface area contributed by atoms with Crippen molar-refractivity contribution in [3.05, 3.63) is 51.9 Å². The van der Waals surface area contributed by atoms with E-state index in [2.05, 4.69) is 5.32 Å². The molecule has 120 valence electrons. The minimum atomic E-state index is -0.451. The summed E-state index contributed by atoms with van der Waals surface area (Å²) in [5, 5.41) is 3.56. The Morgan fingerprint density at radius 2 is 2.00 bits per heavy atom. The maximum absolute atomic E-state index is 12.7. The predicted molar refractivity (Wildman–Crippen MR) is 93.0 cm³/mol. The second-order valence-corrected chi connectivity index (χ2v) is 6.89. The number of carbonyl (C=O) groups excluding carboxylic acids is 2. The van der Waals surface area contributed by atoms with Crippen molar-refractivity contribution in [1.82, 2.24) is 0 Å². The van der Waals surface area contributed by atoms with Crippen LogP contribution < -0.4 is 11.1 Å². The van der Waals surface area contributed by atoms with Crippen molar-refractivity contribution in [2.24, 2.45) is 5.73 Å². The number of amides is 2. The molecule has 1 heterocycles. The third kappa shape index (κ3) is 3.01. The van der Waals surface area contributed by atoms with E-state index in [1.54, 1.807) is 0 Å². The van der Waals surface area contributed by atoms with Gasteiger partial charge in [-0.2, -0.15) is 0 Å². The molecule has 0 aliphatic heterocycles. The van der Waals surface area contributed by atoms with E-state index in [1.807, 2.05) is 37.3 Å². The summed E-state index contributed by atoms with van der Waals surface area (Å²) >= 11 is 1.50. The second kappa shape index (κ2) is 6.54. The first-order valence-electron chi connectivity index (χ1n) is 7.92. The molecule has 23 heavy (non-hydrogen) atoms. The van der Waals surface area contributed by atoms with Gasteiger partial charge in [-0.1, -0.05) is 37.3 Å². The summed E-state index contributed by atoms with van der Waals surface area (Å²) in [7, 11) is 0. The zero-order valence-corrected chi connectivity index (χ0v) is 13.9. The largest absolute Gasteiger partial charge is 0.365 e. The van der Waals surface area contributed by atoms with Crippen LogP contribution in [0.2, 0.25) is 0 Å². The van der Waals surface area contributed by atoms with Gasteiger partial charge in [0.05, 0.1) is 11.5 Å². The molecule has 0 fully saturated rings. The van der Waals surface area contributed by atoms with E-state index >= 15 is 0 Å². The fourth-order valence-electron chi connectivity index (χ4n) is 3.21. The van der Waals surface area contributed by atoms with Crippen LogP contribution in [0.4, 0.5) is 5.00 Å². The molecule has 1 aliphatic carbocycles. The number of nitrogens with two attached hydrogens (primary N) is 1. The van der Waals surface area contributed by atoms with Crippen molar-refractivity contribution in [3.8, 4) is 0 Å². The van der Waals surface area contributed by atoms with E-state index in [9.17, 15) is 9.59 Å². The Labute approximate surface area is 139 Å². The lowest BCUT2D eigenvalue weighted by atomic mass is 9.95. The van der Waals surface area contributed by atoms with Crippen LogP contribution in [0.3, 0.4) is 0 Å². The van der Waals surface area contributed by atoms with Gasteiger partial charge >= 0.3 is 0 Å². The van der Waals surface area contributed by atoms with E-state index in [0.29, 0.717) is 17.0 Å². The average Bonchev–Trinajstić information content (AvgIpc) is 3.09. The molecule has 1 unspecified atom stereocenters. The van der Waals surface area contributed by atoms with Crippen molar-refractivity contribution in [2.45, 2.75) is 38.5 Å². The van der Waals surface area contributed by atoms with Crippen molar-refractivity contribution in [3.63, 3.8) is 0 Å². The molecule has 0 saturated carbocycles. The summed E-state index contributed by atoms with van der Waals surface area (Å²) in [5.41, 5.74) is 8.07. The topological polar surface area (TPSA) is 72.2 Å². The molecule has 3 N–H and O–H groups in total. The average molecular weight is 328 g/mol. The first kappa shape index (κ1) is 15.7. The molecule has 4 nitrogen and oxygen atoms in total. The van der Waals surface area contributed by atoms with Gasteiger partial charge in [0.15, 0.2) is 0 Å². The molecule has 1 atom stereocenters. The molecule has 3 rings (SSSR count). The van der Waals surface area contributed by atoms with Gasteiger partial charge in [0.1, 0.15) is 5.00 Å². The highest BCUT2D eigenvalue weighted by atomic mass is 32.1. The van der Waals surface area contributed by atoms with Gasteiger partial charge in [0, 0.05) is 4.88 Å². The molecule has 1 aromatic heterocycles. The Bertz CT molecular complexity index is 737. The van der Waals surface area contributed by atoms with E-state index < -0.39 is 5.91 Å². The third-order valence-electron chi connectivity index (χ3n) is 4.33. The Morgan fingerprint density at radius 1 is 1.26 bits per heavy atom. The third-order valence-corrected chi connectivity index (χ3v) is 5.54. The number of thiophene rings is 1. The first-order valence-corrected chi connectivity index (χ1v) is 8.73. The second-order valence-electron chi connectivity index (χ2n) is 5.79. The Hall–Kier alpha value is -2.14. The van der Waals surface area contributed by atoms with Crippen LogP contribution in [0.15, 0.2) is 30.3 Å². The molecule has 0 saturated heterocycles. The Kier molecular flexibility index (Phi) is 4.48. The van der Waals surface area contributed by atoms with Gasteiger partial charge in [-0.05, 0) is 36.8 Å². The molecular formula is C18H20N2O2S. The highest BCUT2D eigenvalue weighted by Gasteiger charge is 2.27. The quantitative estimate of drug-likeness (QED) is 0.882. The SMILES string of the molecule is CCC(C(=O)Nc1sc2c(c1C(N)=O)CCC2)c1ccccc1. The van der Waals surface area contributed by atoms with Crippen molar-refractivity contribution < 1.29 is 9.59 Å². The number of rotatable bonds is 5. The molecule has 1 aliphatic rings. The summed E-state index contributed by atoms with van der Waals surface area (Å²) in [6, 6.07) is 9.71. The van der Waals surface area contributed by atoms with Gasteiger partial charge in [0.25, 0.3) is 5.91 Å². The zero-order chi connectivity index (χ0) is 16.4. The van der Waals surface area contributed by atoms with Gasteiger partial charge < -0.3 is 11.1 Å². The van der Waals surface area contributed by atoms with Crippen LogP contribution in [0.1, 0.15) is 52.0 Å². The number of fused-ring (bicyclic) bond motifs is 1. The fourth-order valence-corrected chi connectivity index (χ4v) is 4.51. The van der Waals surface area contributed by atoms with Gasteiger partial charge in [-0.3, -0.25) is 9.59 Å². The van der Waals surface area contributed by atoms with Crippen LogP contribution in [0.25, 0.3) is 0 Å². The number of hydrogen-bond donors (Lipinski definition) is 2. The summed E-state index contributed by atoms with van der Waals surface area (Å²) < 4.78 is 0. The fraction of sp³-hybridized carbons (Fsp3) is 0.333. The summed E-state index contributed by atoms with van der Waals surface area (Å²) in [5.74, 6) is -0.762. The number of aryl methyl sites for hydroxylation is 1. The molecule has 1 aromatic carbocycles. The van der Waals surface area contributed by atoms with E-state index in [4.69, 9.17) is 5.73 Å². The minimum absolute atomic E-state index is 0.0823. The Morgan fingerprint density at radius 3 is 2.65 bits per heavy atom. The minimum Gasteiger partial charge on any atom is -0.365 e. The van der Waals surface area contributed by atoms with Crippen molar-refractivity contribution >= 4 is 28.2 Å². The number of benzene rings is 1. The van der Waals surface area contributed by atoms with Crippen molar-refractivity contribution in [1.29, 1.82) is 0 Å². The highest BCUT2D eigenvalue weighted by molar-refractivity contribution is 7.17. The van der Waals surface area contributed by atoms with Crippen LogP contribution in [-0.2, 0) is 17.6 Å². The van der Waals surface area contributed by atoms with Crippen LogP contribution in [-0.4, -0.2) is 11.8 Å². The van der Waals surface area contributed by atoms with Gasteiger partial charge in [-0.25, -0.2) is 0 Å². The number of carbonyl (C=O) groups is 2. The molecule has 2 amide bonds. The van der Waals surface area contributed by atoms with Crippen molar-refractivity contribution in [2.75, 3.05) is 5.32 Å². The molecule has 0 bridgehead atoms. The van der Waals surface area contributed by atoms with Crippen LogP contribution in [0, 0.1) is 0 Å². The lowest BCUT2D eigenvalue weighted by Gasteiger charge is -2.15. The lowest BCUT2D eigenvalue weighted by molar-refractivity contribution is -0.117. The summed E-state index contributed by atoms with van der Waals surface area (Å²) in [4.78, 5) is 25.7. The van der Waals surface area contributed by atoms with E-state index in [1.165, 1.54) is 16.2 Å². The predicted octanol–water partition coefficient (Wildman–Crippen LogP) is 3.47. The molecular weight excluding hydrogens is 308 g/mol. The maximum atomic E-state index is 12.7. The zero-order valence-electron chi connectivity index (χ0n) is 13.1. The molecule has 2 aromatic rings. The number of anilines is 1. The van der Waals surface area contributed by atoms with Gasteiger partial charge in [0.2, 0.25) is 5.91 Å². The highest BCUT2D eigenvalue weighted by Crippen LogP contribution is 2.39. The molecule has 5 heteroatoms. The maximum Gasteiger partial charge on any atom is 0.251 e. The summed E-state index contributed by atoms with van der Waals surface area (Å²) in [6.07, 6.45) is 3.59. The van der Waals surface area contributed by atoms with Gasteiger partial charge in [-0.15, -0.1) is 11.3 Å². The number of nitrogens with one attached hydrogen (secondary N) is 1. The smallest absolute Gasteiger partial charge is 0.251 e. The molecule has 0 radical (unpaired) electrons. The normalized spacial score (nSPS) is 14.3. The Balaban J connectivity index is 1.87. The number of primary amides is 1. The monoisotopic (exact) mass is 328 g/mol. The van der Waals surface area contributed by atoms with E-state index in [0.717, 1.165) is 30.4 Å². The van der Waals surface area contributed by atoms with Crippen LogP contribution in [0.5, 0.6) is 0 Å². The standard InChI is InChI=1S/C18H20N2O2S/c1-2-12(11-7-4-3-5-8-11)17(22)20-18-15(16(19)21)13-9-6-10-14(13)23-18/h3-5,7-8,12H,2,6,9-10H2,1H3,(H2,19,21)(H,20,22). The lowest BCUT2D eigenvalue weighted by Crippen LogP contribution is -2.22.